The molecule has 4 rings (SSSR count). The van der Waals surface area contributed by atoms with Crippen molar-refractivity contribution in [3.05, 3.63) is 39.9 Å². The molecule has 1 fully saturated rings. The van der Waals surface area contributed by atoms with E-state index in [2.05, 4.69) is 9.55 Å². The SMILES string of the molecule is C/C(N)=C(\c1cnc2c3c(Cl)ncc(Cl)c3n(CC3CCOCC3)c2c1)N(C)N. The van der Waals surface area contributed by atoms with Gasteiger partial charge in [0.15, 0.2) is 0 Å². The van der Waals surface area contributed by atoms with Crippen LogP contribution < -0.4 is 11.6 Å². The average molecular weight is 435 g/mol. The number of allylic oxidation sites excluding steroid dienone is 1. The number of aromatic nitrogens is 3. The van der Waals surface area contributed by atoms with Crippen molar-refractivity contribution in [3.63, 3.8) is 0 Å². The molecule has 0 unspecified atom stereocenters. The summed E-state index contributed by atoms with van der Waals surface area (Å²) in [5.41, 5.74) is 10.8. The first kappa shape index (κ1) is 20.2. The number of ether oxygens (including phenoxy) is 1. The number of nitrogens with two attached hydrogens (primary N) is 2. The minimum Gasteiger partial charge on any atom is -0.401 e. The Bertz CT molecular complexity index is 1100. The summed E-state index contributed by atoms with van der Waals surface area (Å²) in [6.45, 7) is 4.17. The maximum atomic E-state index is 6.57. The van der Waals surface area contributed by atoms with Crippen LogP contribution in [-0.2, 0) is 11.3 Å². The van der Waals surface area contributed by atoms with Gasteiger partial charge in [-0.2, -0.15) is 0 Å². The van der Waals surface area contributed by atoms with Gasteiger partial charge in [0.05, 0.1) is 32.7 Å². The van der Waals surface area contributed by atoms with E-state index in [1.165, 1.54) is 5.01 Å². The van der Waals surface area contributed by atoms with Crippen LogP contribution in [0.15, 0.2) is 24.2 Å². The lowest BCUT2D eigenvalue weighted by atomic mass is 10.0. The number of hydrogen-bond acceptors (Lipinski definition) is 6. The molecule has 4 N–H and O–H groups in total. The van der Waals surface area contributed by atoms with Gasteiger partial charge in [-0.25, -0.2) is 10.8 Å². The topological polar surface area (TPSA) is 95.2 Å². The highest BCUT2D eigenvalue weighted by atomic mass is 35.5. The van der Waals surface area contributed by atoms with E-state index in [4.69, 9.17) is 44.5 Å². The fourth-order valence-electron chi connectivity index (χ4n) is 4.12. The van der Waals surface area contributed by atoms with Crippen LogP contribution in [-0.4, -0.2) is 39.8 Å². The number of hydrazine groups is 1. The lowest BCUT2D eigenvalue weighted by Crippen LogP contribution is -2.26. The summed E-state index contributed by atoms with van der Waals surface area (Å²) in [4.78, 5) is 8.94. The number of hydrogen-bond donors (Lipinski definition) is 2. The van der Waals surface area contributed by atoms with Gasteiger partial charge < -0.3 is 20.0 Å². The molecule has 0 atom stereocenters. The van der Waals surface area contributed by atoms with Crippen molar-refractivity contribution in [1.29, 1.82) is 0 Å². The monoisotopic (exact) mass is 434 g/mol. The smallest absolute Gasteiger partial charge is 0.140 e. The summed E-state index contributed by atoms with van der Waals surface area (Å²) in [6.07, 6.45) is 5.36. The maximum absolute atomic E-state index is 6.57. The van der Waals surface area contributed by atoms with Crippen LogP contribution in [0.2, 0.25) is 10.2 Å². The minimum atomic E-state index is 0.391. The van der Waals surface area contributed by atoms with E-state index in [0.29, 0.717) is 21.8 Å². The minimum absolute atomic E-state index is 0.391. The number of fused-ring (bicyclic) bond motifs is 3. The normalized spacial score (nSPS) is 16.4. The van der Waals surface area contributed by atoms with Gasteiger partial charge in [-0.1, -0.05) is 23.2 Å². The molecule has 0 bridgehead atoms. The lowest BCUT2D eigenvalue weighted by Gasteiger charge is -2.23. The molecule has 4 heterocycles. The van der Waals surface area contributed by atoms with Crippen LogP contribution in [0.3, 0.4) is 0 Å². The molecule has 7 nitrogen and oxygen atoms in total. The number of nitrogens with zero attached hydrogens (tertiary/aromatic N) is 4. The van der Waals surface area contributed by atoms with E-state index in [1.807, 2.05) is 13.0 Å². The first-order valence-electron chi connectivity index (χ1n) is 9.53. The largest absolute Gasteiger partial charge is 0.401 e. The van der Waals surface area contributed by atoms with Gasteiger partial charge in [0.1, 0.15) is 5.15 Å². The van der Waals surface area contributed by atoms with Crippen molar-refractivity contribution < 1.29 is 4.74 Å². The Morgan fingerprint density at radius 2 is 2.00 bits per heavy atom. The zero-order chi connectivity index (χ0) is 20.7. The van der Waals surface area contributed by atoms with Crippen molar-refractivity contribution in [2.24, 2.45) is 17.5 Å². The zero-order valence-corrected chi connectivity index (χ0v) is 18.0. The van der Waals surface area contributed by atoms with E-state index in [9.17, 15) is 0 Å². The van der Waals surface area contributed by atoms with Gasteiger partial charge in [-0.05, 0) is 31.7 Å². The predicted octanol–water partition coefficient (Wildman–Crippen LogP) is 3.77. The van der Waals surface area contributed by atoms with Crippen molar-refractivity contribution >= 4 is 50.8 Å². The van der Waals surface area contributed by atoms with E-state index < -0.39 is 0 Å². The van der Waals surface area contributed by atoms with Crippen molar-refractivity contribution in [2.75, 3.05) is 20.3 Å². The standard InChI is InChI=1S/C20H24Cl2N6O/c1-11(23)18(27(2)24)13-7-15-17(25-8-13)16-19(14(21)9-26-20(16)22)28(15)10-12-3-5-29-6-4-12/h7-9,12H,3-6,10,23-24H2,1-2H3/b18-11-. The molecule has 0 saturated carbocycles. The van der Waals surface area contributed by atoms with Gasteiger partial charge >= 0.3 is 0 Å². The summed E-state index contributed by atoms with van der Waals surface area (Å²) in [5, 5.41) is 3.22. The number of halogens is 2. The maximum Gasteiger partial charge on any atom is 0.140 e. The lowest BCUT2D eigenvalue weighted by molar-refractivity contribution is 0.0620. The van der Waals surface area contributed by atoms with Gasteiger partial charge in [-0.15, -0.1) is 0 Å². The van der Waals surface area contributed by atoms with Crippen molar-refractivity contribution in [1.82, 2.24) is 19.5 Å². The van der Waals surface area contributed by atoms with Crippen LogP contribution in [0.25, 0.3) is 27.6 Å². The Morgan fingerprint density at radius 3 is 2.66 bits per heavy atom. The third-order valence-electron chi connectivity index (χ3n) is 5.41. The van der Waals surface area contributed by atoms with Crippen LogP contribution in [0.4, 0.5) is 0 Å². The Morgan fingerprint density at radius 1 is 1.28 bits per heavy atom. The average Bonchev–Trinajstić information content (AvgIpc) is 3.00. The van der Waals surface area contributed by atoms with Gasteiger partial charge in [0.25, 0.3) is 0 Å². The zero-order valence-electron chi connectivity index (χ0n) is 16.5. The second-order valence-corrected chi connectivity index (χ2v) is 8.29. The molecule has 0 aromatic carbocycles. The molecule has 3 aromatic heterocycles. The van der Waals surface area contributed by atoms with Gasteiger partial charge in [-0.3, -0.25) is 4.98 Å². The van der Waals surface area contributed by atoms with Crippen molar-refractivity contribution in [3.8, 4) is 0 Å². The van der Waals surface area contributed by atoms with Gasteiger partial charge in [0, 0.05) is 50.5 Å². The van der Waals surface area contributed by atoms with E-state index in [0.717, 1.165) is 65.8 Å². The summed E-state index contributed by atoms with van der Waals surface area (Å²) < 4.78 is 7.72. The van der Waals surface area contributed by atoms with Crippen LogP contribution >= 0.6 is 23.2 Å². The molecule has 0 amide bonds. The Balaban J connectivity index is 1.98. The highest BCUT2D eigenvalue weighted by Gasteiger charge is 2.23. The highest BCUT2D eigenvalue weighted by molar-refractivity contribution is 6.41. The molecule has 0 radical (unpaired) electrons. The third-order valence-corrected chi connectivity index (χ3v) is 5.97. The van der Waals surface area contributed by atoms with E-state index in [-0.39, 0.29) is 0 Å². The van der Waals surface area contributed by atoms with Gasteiger partial charge in [0.2, 0.25) is 0 Å². The molecule has 1 aliphatic rings. The molecule has 154 valence electrons. The van der Waals surface area contributed by atoms with Crippen molar-refractivity contribution in [2.45, 2.75) is 26.3 Å². The van der Waals surface area contributed by atoms with Crippen LogP contribution in [0.1, 0.15) is 25.3 Å². The first-order valence-corrected chi connectivity index (χ1v) is 10.3. The van der Waals surface area contributed by atoms with E-state index in [1.54, 1.807) is 19.4 Å². The van der Waals surface area contributed by atoms with Crippen LogP contribution in [0, 0.1) is 5.92 Å². The molecule has 0 aliphatic carbocycles. The molecule has 1 saturated heterocycles. The molecule has 1 aliphatic heterocycles. The summed E-state index contributed by atoms with van der Waals surface area (Å²) >= 11 is 13.0. The fraction of sp³-hybridized carbons (Fsp3) is 0.400. The molecule has 0 spiro atoms. The number of rotatable bonds is 4. The van der Waals surface area contributed by atoms with E-state index >= 15 is 0 Å². The number of pyridine rings is 2. The Labute approximate surface area is 179 Å². The predicted molar refractivity (Wildman–Crippen MR) is 117 cm³/mol. The fourth-order valence-corrected chi connectivity index (χ4v) is 4.59. The quantitative estimate of drug-likeness (QED) is 0.368. The molecule has 29 heavy (non-hydrogen) atoms. The first-order chi connectivity index (χ1) is 13.9. The second kappa shape index (κ2) is 7.99. The Kier molecular flexibility index (Phi) is 5.57. The highest BCUT2D eigenvalue weighted by Crippen LogP contribution is 2.38. The molecule has 3 aromatic rings. The molecule has 9 heteroatoms. The summed E-state index contributed by atoms with van der Waals surface area (Å²) in [6, 6.07) is 2.05. The van der Waals surface area contributed by atoms with Crippen LogP contribution in [0.5, 0.6) is 0 Å². The third kappa shape index (κ3) is 3.64. The second-order valence-electron chi connectivity index (χ2n) is 7.52. The summed E-state index contributed by atoms with van der Waals surface area (Å²) in [7, 11) is 1.76. The molecular formula is C20H24Cl2N6O. The molecular weight excluding hydrogens is 411 g/mol. The summed E-state index contributed by atoms with van der Waals surface area (Å²) in [5.74, 6) is 6.50. The Hall–Kier alpha value is -2.06.